The van der Waals surface area contributed by atoms with Crippen LogP contribution in [0, 0.1) is 0 Å². The molecule has 6 nitrogen and oxygen atoms in total. The first-order valence-electron chi connectivity index (χ1n) is 8.20. The van der Waals surface area contributed by atoms with Gasteiger partial charge in [0.15, 0.2) is 0 Å². The van der Waals surface area contributed by atoms with Gasteiger partial charge in [0, 0.05) is 37.1 Å². The van der Waals surface area contributed by atoms with E-state index in [1.165, 1.54) is 0 Å². The van der Waals surface area contributed by atoms with Gasteiger partial charge in [-0.2, -0.15) is 10.2 Å². The topological polar surface area (TPSA) is 76.1 Å². The molecule has 3 rings (SSSR count). The van der Waals surface area contributed by atoms with Crippen LogP contribution >= 0.6 is 0 Å². The number of hydrogen-bond acceptors (Lipinski definition) is 4. The summed E-state index contributed by atoms with van der Waals surface area (Å²) in [4.78, 5) is 0. The highest BCUT2D eigenvalue weighted by Gasteiger charge is 2.29. The van der Waals surface area contributed by atoms with Crippen LogP contribution in [0.2, 0.25) is 0 Å². The Bertz CT molecular complexity index is 614. The highest BCUT2D eigenvalue weighted by molar-refractivity contribution is 5.47. The summed E-state index contributed by atoms with van der Waals surface area (Å²) >= 11 is 0. The molecule has 1 aliphatic rings. The molecule has 0 amide bonds. The zero-order valence-electron chi connectivity index (χ0n) is 13.3. The van der Waals surface area contributed by atoms with Crippen LogP contribution in [-0.2, 0) is 25.9 Å². The summed E-state index contributed by atoms with van der Waals surface area (Å²) in [6.45, 7) is 5.70. The van der Waals surface area contributed by atoms with E-state index in [0.717, 1.165) is 61.3 Å². The predicted molar refractivity (Wildman–Crippen MR) is 83.2 cm³/mol. The van der Waals surface area contributed by atoms with Gasteiger partial charge in [-0.3, -0.25) is 0 Å². The zero-order chi connectivity index (χ0) is 15.7. The van der Waals surface area contributed by atoms with Crippen LogP contribution in [0.25, 0.3) is 0 Å². The van der Waals surface area contributed by atoms with Gasteiger partial charge in [-0.05, 0) is 12.8 Å². The lowest BCUT2D eigenvalue weighted by molar-refractivity contribution is 0.388. The molecular weight excluding hydrogens is 280 g/mol. The van der Waals surface area contributed by atoms with Crippen LogP contribution in [0.15, 0.2) is 0 Å². The van der Waals surface area contributed by atoms with Crippen LogP contribution in [0.1, 0.15) is 62.0 Å². The highest BCUT2D eigenvalue weighted by atomic mass is 16.3. The summed E-state index contributed by atoms with van der Waals surface area (Å²) in [7, 11) is 0. The minimum atomic E-state index is 0.261. The molecule has 2 aromatic heterocycles. The third kappa shape index (κ3) is 2.46. The molecule has 0 saturated heterocycles. The molecule has 0 radical (unpaired) electrons. The fourth-order valence-electron chi connectivity index (χ4n) is 2.99. The molecule has 2 N–H and O–H groups in total. The first kappa shape index (κ1) is 14.9. The monoisotopic (exact) mass is 304 g/mol. The van der Waals surface area contributed by atoms with Crippen LogP contribution in [0.4, 0.5) is 0 Å². The van der Waals surface area contributed by atoms with Gasteiger partial charge in [0.05, 0.1) is 11.4 Å². The summed E-state index contributed by atoms with van der Waals surface area (Å²) < 4.78 is 3.37. The van der Waals surface area contributed by atoms with Gasteiger partial charge in [-0.25, -0.2) is 9.36 Å². The number of aromatic nitrogens is 4. The van der Waals surface area contributed by atoms with E-state index >= 15 is 0 Å². The highest BCUT2D eigenvalue weighted by Crippen LogP contribution is 2.36. The van der Waals surface area contributed by atoms with E-state index in [-0.39, 0.29) is 11.8 Å². The van der Waals surface area contributed by atoms with Crippen LogP contribution in [0.5, 0.6) is 11.8 Å². The van der Waals surface area contributed by atoms with Crippen molar-refractivity contribution in [2.75, 3.05) is 0 Å². The number of fused-ring (bicyclic) bond motifs is 2. The van der Waals surface area contributed by atoms with Crippen molar-refractivity contribution >= 4 is 0 Å². The number of rotatable bonds is 6. The minimum Gasteiger partial charge on any atom is -0.493 e. The first-order chi connectivity index (χ1) is 10.7. The van der Waals surface area contributed by atoms with E-state index in [2.05, 4.69) is 24.0 Å². The van der Waals surface area contributed by atoms with E-state index < -0.39 is 0 Å². The minimum absolute atomic E-state index is 0.261. The molecule has 0 bridgehead atoms. The van der Waals surface area contributed by atoms with Gasteiger partial charge < -0.3 is 10.2 Å². The zero-order valence-corrected chi connectivity index (χ0v) is 13.3. The lowest BCUT2D eigenvalue weighted by Crippen LogP contribution is -2.05. The molecule has 2 aromatic rings. The molecule has 2 heterocycles. The van der Waals surface area contributed by atoms with Crippen molar-refractivity contribution in [2.45, 2.75) is 65.5 Å². The quantitative estimate of drug-likeness (QED) is 0.734. The average molecular weight is 304 g/mol. The Morgan fingerprint density at radius 3 is 1.59 bits per heavy atom. The van der Waals surface area contributed by atoms with Crippen molar-refractivity contribution < 1.29 is 10.2 Å². The SMILES string of the molecule is CCCCn1nc2c(c1O)Cc1nn(CCCC)c(O)c1C2. The molecule has 22 heavy (non-hydrogen) atoms. The number of hydrogen-bond donors (Lipinski definition) is 2. The van der Waals surface area contributed by atoms with Crippen molar-refractivity contribution in [3.63, 3.8) is 0 Å². The molecule has 6 heteroatoms. The molecule has 0 unspecified atom stereocenters. The lowest BCUT2D eigenvalue weighted by Gasteiger charge is -2.08. The maximum Gasteiger partial charge on any atom is 0.213 e. The van der Waals surface area contributed by atoms with Crippen LogP contribution < -0.4 is 0 Å². The Morgan fingerprint density at radius 1 is 0.818 bits per heavy atom. The molecular formula is C16H24N4O2. The molecule has 0 atom stereocenters. The average Bonchev–Trinajstić information content (AvgIpc) is 2.99. The van der Waals surface area contributed by atoms with Gasteiger partial charge in [-0.15, -0.1) is 0 Å². The summed E-state index contributed by atoms with van der Waals surface area (Å²) in [6, 6.07) is 0. The Balaban J connectivity index is 1.87. The molecule has 120 valence electrons. The lowest BCUT2D eigenvalue weighted by atomic mass is 9.95. The molecule has 0 spiro atoms. The standard InChI is InChI=1S/C16H24N4O2/c1-3-5-7-19-15(21)11-9-14-12(10-13(11)17-19)16(22)20(18-14)8-6-4-2/h21-22H,3-10H2,1-2H3. The van der Waals surface area contributed by atoms with Crippen molar-refractivity contribution in [3.05, 3.63) is 22.5 Å². The maximum atomic E-state index is 10.3. The van der Waals surface area contributed by atoms with Gasteiger partial charge in [-0.1, -0.05) is 26.7 Å². The Labute approximate surface area is 130 Å². The fraction of sp³-hybridized carbons (Fsp3) is 0.625. The third-order valence-electron chi connectivity index (χ3n) is 4.34. The second kappa shape index (κ2) is 6.02. The van der Waals surface area contributed by atoms with E-state index in [4.69, 9.17) is 0 Å². The van der Waals surface area contributed by atoms with Crippen molar-refractivity contribution in [1.29, 1.82) is 0 Å². The van der Waals surface area contributed by atoms with Crippen molar-refractivity contribution in [3.8, 4) is 11.8 Å². The van der Waals surface area contributed by atoms with Crippen LogP contribution in [-0.4, -0.2) is 29.8 Å². The smallest absolute Gasteiger partial charge is 0.213 e. The summed E-state index contributed by atoms with van der Waals surface area (Å²) in [5, 5.41) is 29.7. The molecule has 0 aromatic carbocycles. The van der Waals surface area contributed by atoms with E-state index in [1.807, 2.05) is 0 Å². The Morgan fingerprint density at radius 2 is 1.23 bits per heavy atom. The van der Waals surface area contributed by atoms with Gasteiger partial charge in [0.2, 0.25) is 11.8 Å². The van der Waals surface area contributed by atoms with E-state index in [1.54, 1.807) is 9.36 Å². The summed E-state index contributed by atoms with van der Waals surface area (Å²) in [5.41, 5.74) is 3.46. The molecule has 0 aliphatic heterocycles. The molecule has 0 fully saturated rings. The number of aromatic hydroxyl groups is 2. The predicted octanol–water partition coefficient (Wildman–Crippen LogP) is 2.59. The third-order valence-corrected chi connectivity index (χ3v) is 4.34. The normalized spacial score (nSPS) is 13.2. The second-order valence-electron chi connectivity index (χ2n) is 6.00. The van der Waals surface area contributed by atoms with Gasteiger partial charge in [0.25, 0.3) is 0 Å². The first-order valence-corrected chi connectivity index (χ1v) is 8.20. The van der Waals surface area contributed by atoms with Crippen LogP contribution in [0.3, 0.4) is 0 Å². The van der Waals surface area contributed by atoms with Gasteiger partial charge >= 0.3 is 0 Å². The number of unbranched alkanes of at least 4 members (excludes halogenated alkanes) is 2. The van der Waals surface area contributed by atoms with Crippen molar-refractivity contribution in [2.24, 2.45) is 0 Å². The summed E-state index contributed by atoms with van der Waals surface area (Å²) in [5.74, 6) is 0.522. The van der Waals surface area contributed by atoms with E-state index in [9.17, 15) is 10.2 Å². The van der Waals surface area contributed by atoms with E-state index in [0.29, 0.717) is 12.8 Å². The second-order valence-corrected chi connectivity index (χ2v) is 6.00. The molecule has 0 saturated carbocycles. The fourth-order valence-corrected chi connectivity index (χ4v) is 2.99. The number of nitrogens with zero attached hydrogens (tertiary/aromatic N) is 4. The molecule has 1 aliphatic carbocycles. The Kier molecular flexibility index (Phi) is 4.09. The van der Waals surface area contributed by atoms with Gasteiger partial charge in [0.1, 0.15) is 0 Å². The largest absolute Gasteiger partial charge is 0.493 e. The Hall–Kier alpha value is -1.98. The maximum absolute atomic E-state index is 10.3. The summed E-state index contributed by atoms with van der Waals surface area (Å²) in [6.07, 6.45) is 5.22. The number of aryl methyl sites for hydroxylation is 2. The van der Waals surface area contributed by atoms with Crippen molar-refractivity contribution in [1.82, 2.24) is 19.6 Å².